The fourth-order valence-electron chi connectivity index (χ4n) is 1.98. The van der Waals surface area contributed by atoms with Gasteiger partial charge in [0.1, 0.15) is 0 Å². The van der Waals surface area contributed by atoms with E-state index in [2.05, 4.69) is 25.5 Å². The van der Waals surface area contributed by atoms with E-state index in [0.717, 1.165) is 0 Å². The zero-order chi connectivity index (χ0) is 14.2. The van der Waals surface area contributed by atoms with Crippen molar-refractivity contribution in [1.82, 2.24) is 4.72 Å². The van der Waals surface area contributed by atoms with Crippen LogP contribution in [0.3, 0.4) is 0 Å². The van der Waals surface area contributed by atoms with Gasteiger partial charge in [0.25, 0.3) is 0 Å². The first-order valence-electron chi connectivity index (χ1n) is 5.96. The lowest BCUT2D eigenvalue weighted by atomic mass is 9.66. The average Bonchev–Trinajstić information content (AvgIpc) is 2.04. The molecule has 0 radical (unpaired) electrons. The molecule has 7 heteroatoms. The summed E-state index contributed by atoms with van der Waals surface area (Å²) in [5.41, 5.74) is 0.119. The van der Waals surface area contributed by atoms with Crippen molar-refractivity contribution in [2.75, 3.05) is 5.75 Å². The monoisotopic (exact) mass is 287 g/mol. The molecule has 1 aliphatic carbocycles. The van der Waals surface area contributed by atoms with E-state index in [1.165, 1.54) is 0 Å². The molecule has 0 bridgehead atoms. The molecule has 0 heterocycles. The molecule has 1 rings (SSSR count). The van der Waals surface area contributed by atoms with Crippen LogP contribution in [0.4, 0.5) is 13.2 Å². The summed E-state index contributed by atoms with van der Waals surface area (Å²) >= 11 is 0. The average molecular weight is 287 g/mol. The zero-order valence-corrected chi connectivity index (χ0v) is 11.7. The molecule has 1 aliphatic rings. The highest BCUT2D eigenvalue weighted by molar-refractivity contribution is 7.89. The van der Waals surface area contributed by atoms with Gasteiger partial charge in [-0.3, -0.25) is 0 Å². The fourth-order valence-corrected chi connectivity index (χ4v) is 3.30. The van der Waals surface area contributed by atoms with Crippen molar-refractivity contribution < 1.29 is 21.6 Å². The summed E-state index contributed by atoms with van der Waals surface area (Å²) < 4.78 is 61.0. The highest BCUT2D eigenvalue weighted by Gasteiger charge is 2.39. The Morgan fingerprint density at radius 1 is 1.17 bits per heavy atom. The van der Waals surface area contributed by atoms with E-state index in [4.69, 9.17) is 0 Å². The van der Waals surface area contributed by atoms with Crippen molar-refractivity contribution in [2.45, 2.75) is 52.3 Å². The van der Waals surface area contributed by atoms with Gasteiger partial charge in [-0.05, 0) is 24.2 Å². The van der Waals surface area contributed by atoms with Crippen LogP contribution in [0.15, 0.2) is 0 Å². The predicted octanol–water partition coefficient (Wildman–Crippen LogP) is 2.68. The van der Waals surface area contributed by atoms with Gasteiger partial charge in [0.05, 0.1) is 12.2 Å². The van der Waals surface area contributed by atoms with Crippen molar-refractivity contribution in [3.8, 4) is 0 Å². The number of rotatable bonds is 4. The third-order valence-corrected chi connectivity index (χ3v) is 4.80. The van der Waals surface area contributed by atoms with Crippen LogP contribution in [0.1, 0.15) is 40.0 Å². The molecule has 0 aromatic carbocycles. The molecule has 0 aromatic heterocycles. The second-order valence-corrected chi connectivity index (χ2v) is 7.91. The van der Waals surface area contributed by atoms with E-state index in [-0.39, 0.29) is 11.5 Å². The van der Waals surface area contributed by atoms with E-state index in [1.54, 1.807) is 0 Å². The van der Waals surface area contributed by atoms with E-state index < -0.39 is 28.4 Å². The lowest BCUT2D eigenvalue weighted by Crippen LogP contribution is -2.48. The Kier molecular flexibility index (Phi) is 4.37. The molecule has 0 aliphatic heterocycles. The number of alkyl halides is 3. The smallest absolute Gasteiger partial charge is 0.212 e. The molecule has 0 unspecified atom stereocenters. The largest absolute Gasteiger partial charge is 0.390 e. The molecule has 0 amide bonds. The van der Waals surface area contributed by atoms with E-state index in [9.17, 15) is 21.6 Å². The second kappa shape index (κ2) is 5.00. The van der Waals surface area contributed by atoms with Crippen LogP contribution >= 0.6 is 0 Å². The molecule has 0 spiro atoms. The Hall–Kier alpha value is -0.300. The zero-order valence-electron chi connectivity index (χ0n) is 10.8. The van der Waals surface area contributed by atoms with Gasteiger partial charge in [-0.1, -0.05) is 20.8 Å². The van der Waals surface area contributed by atoms with Crippen molar-refractivity contribution in [3.05, 3.63) is 0 Å². The number of hydrogen-bond donors (Lipinski definition) is 1. The number of halogens is 3. The minimum Gasteiger partial charge on any atom is -0.212 e. The lowest BCUT2D eigenvalue weighted by Gasteiger charge is -2.43. The first-order valence-corrected chi connectivity index (χ1v) is 7.61. The van der Waals surface area contributed by atoms with Crippen LogP contribution in [0.2, 0.25) is 0 Å². The van der Waals surface area contributed by atoms with Crippen molar-refractivity contribution in [3.63, 3.8) is 0 Å². The van der Waals surface area contributed by atoms with Gasteiger partial charge >= 0.3 is 6.18 Å². The third kappa shape index (κ3) is 5.14. The molecule has 1 saturated carbocycles. The van der Waals surface area contributed by atoms with Gasteiger partial charge in [-0.2, -0.15) is 13.2 Å². The summed E-state index contributed by atoms with van der Waals surface area (Å²) in [6.45, 7) is 6.23. The summed E-state index contributed by atoms with van der Waals surface area (Å²) in [7, 11) is -3.81. The second-order valence-electron chi connectivity index (χ2n) is 6.03. The van der Waals surface area contributed by atoms with Gasteiger partial charge in [0, 0.05) is 6.04 Å². The molecule has 1 N–H and O–H groups in total. The molecule has 0 saturated heterocycles. The van der Waals surface area contributed by atoms with Gasteiger partial charge < -0.3 is 0 Å². The maximum atomic E-state index is 11.9. The normalized spacial score (nSPS) is 25.9. The van der Waals surface area contributed by atoms with E-state index >= 15 is 0 Å². The first-order chi connectivity index (χ1) is 7.89. The number of sulfonamides is 1. The first kappa shape index (κ1) is 15.8. The van der Waals surface area contributed by atoms with Crippen LogP contribution in [0, 0.1) is 11.3 Å². The lowest BCUT2D eigenvalue weighted by molar-refractivity contribution is -0.130. The van der Waals surface area contributed by atoms with Crippen LogP contribution in [0.25, 0.3) is 0 Å². The van der Waals surface area contributed by atoms with Crippen LogP contribution in [0.5, 0.6) is 0 Å². The highest BCUT2D eigenvalue weighted by atomic mass is 32.2. The molecule has 18 heavy (non-hydrogen) atoms. The minimum atomic E-state index is -4.43. The van der Waals surface area contributed by atoms with Crippen molar-refractivity contribution >= 4 is 10.0 Å². The third-order valence-electron chi connectivity index (χ3n) is 3.36. The predicted molar refractivity (Wildman–Crippen MR) is 63.6 cm³/mol. The molecule has 108 valence electrons. The standard InChI is InChI=1S/C11H20F3NO2S/c1-10(2,3)8-6-9(7-8)15-18(16,17)5-4-11(12,13)14/h8-9,15H,4-7H2,1-3H3. The summed E-state index contributed by atoms with van der Waals surface area (Å²) in [5, 5.41) is 0. The van der Waals surface area contributed by atoms with Crippen molar-refractivity contribution in [1.29, 1.82) is 0 Å². The molecule has 3 nitrogen and oxygen atoms in total. The molecule has 0 atom stereocenters. The highest BCUT2D eigenvalue weighted by Crippen LogP contribution is 2.41. The number of nitrogens with one attached hydrogen (secondary N) is 1. The summed E-state index contributed by atoms with van der Waals surface area (Å²) in [5.74, 6) is -0.458. The topological polar surface area (TPSA) is 46.2 Å². The SMILES string of the molecule is CC(C)(C)C1CC(NS(=O)(=O)CCC(F)(F)F)C1. The van der Waals surface area contributed by atoms with Crippen molar-refractivity contribution in [2.24, 2.45) is 11.3 Å². The Balaban J connectivity index is 2.36. The Labute approximate surface area is 106 Å². The van der Waals surface area contributed by atoms with E-state index in [1.807, 2.05) is 0 Å². The summed E-state index contributed by atoms with van der Waals surface area (Å²) in [4.78, 5) is 0. The van der Waals surface area contributed by atoms with Gasteiger partial charge in [0.2, 0.25) is 10.0 Å². The van der Waals surface area contributed by atoms with Gasteiger partial charge in [-0.15, -0.1) is 0 Å². The summed E-state index contributed by atoms with van der Waals surface area (Å²) in [6, 6.07) is -0.201. The number of hydrogen-bond acceptors (Lipinski definition) is 2. The minimum absolute atomic E-state index is 0.119. The summed E-state index contributed by atoms with van der Waals surface area (Å²) in [6.07, 6.45) is -4.32. The molecule has 1 fully saturated rings. The Bertz CT molecular complexity index is 378. The van der Waals surface area contributed by atoms with Gasteiger partial charge in [-0.25, -0.2) is 13.1 Å². The fraction of sp³-hybridized carbons (Fsp3) is 1.00. The molecule has 0 aromatic rings. The quantitative estimate of drug-likeness (QED) is 0.864. The Morgan fingerprint density at radius 3 is 2.06 bits per heavy atom. The van der Waals surface area contributed by atoms with Crippen LogP contribution in [-0.2, 0) is 10.0 Å². The molecular weight excluding hydrogens is 267 g/mol. The molecular formula is C11H20F3NO2S. The van der Waals surface area contributed by atoms with Crippen LogP contribution in [-0.4, -0.2) is 26.4 Å². The van der Waals surface area contributed by atoms with Crippen LogP contribution < -0.4 is 4.72 Å². The van der Waals surface area contributed by atoms with Gasteiger partial charge in [0.15, 0.2) is 0 Å². The maximum Gasteiger partial charge on any atom is 0.390 e. The van der Waals surface area contributed by atoms with E-state index in [0.29, 0.717) is 18.8 Å². The Morgan fingerprint density at radius 2 is 1.67 bits per heavy atom. The maximum absolute atomic E-state index is 11.9.